The maximum atomic E-state index is 13.5. The molecule has 1 aliphatic heterocycles. The van der Waals surface area contributed by atoms with Gasteiger partial charge in [0, 0.05) is 6.54 Å². The number of sulfonamides is 1. The fourth-order valence-corrected chi connectivity index (χ4v) is 6.74. The largest absolute Gasteiger partial charge is 0.243 e. The van der Waals surface area contributed by atoms with Crippen molar-refractivity contribution in [3.63, 3.8) is 0 Å². The van der Waals surface area contributed by atoms with Crippen LogP contribution in [0.25, 0.3) is 10.2 Å². The van der Waals surface area contributed by atoms with E-state index in [1.54, 1.807) is 21.7 Å². The number of thiazole rings is 1. The van der Waals surface area contributed by atoms with Crippen LogP contribution in [-0.4, -0.2) is 24.3 Å². The molecule has 1 atom stereocenters. The molecule has 4 nitrogen and oxygen atoms in total. The highest BCUT2D eigenvalue weighted by Gasteiger charge is 2.36. The van der Waals surface area contributed by atoms with E-state index < -0.39 is 10.0 Å². The SMILES string of the molecule is Cc1ccc(C)c(S(=O)(=O)N2CCCCC2c2nc3ccccc3s2)c1. The topological polar surface area (TPSA) is 50.3 Å². The van der Waals surface area contributed by atoms with E-state index in [0.717, 1.165) is 45.6 Å². The summed E-state index contributed by atoms with van der Waals surface area (Å²) in [5, 5.41) is 0.903. The van der Waals surface area contributed by atoms with Crippen molar-refractivity contribution >= 4 is 31.6 Å². The molecule has 0 spiro atoms. The normalized spacial score (nSPS) is 19.1. The van der Waals surface area contributed by atoms with Gasteiger partial charge in [0.05, 0.1) is 21.2 Å². The lowest BCUT2D eigenvalue weighted by Crippen LogP contribution is -2.38. The lowest BCUT2D eigenvalue weighted by molar-refractivity contribution is 0.255. The standard InChI is InChI=1S/C20H22N2O2S2/c1-14-10-11-15(2)19(13-14)26(23,24)22-12-6-5-8-17(22)20-21-16-7-3-4-9-18(16)25-20/h3-4,7,9-11,13,17H,5-6,8,12H2,1-2H3. The fraction of sp³-hybridized carbons (Fsp3) is 0.350. The fourth-order valence-electron chi connectivity index (χ4n) is 3.58. The van der Waals surface area contributed by atoms with Crippen molar-refractivity contribution in [2.24, 2.45) is 0 Å². The first-order valence-electron chi connectivity index (χ1n) is 8.91. The van der Waals surface area contributed by atoms with Gasteiger partial charge in [-0.05, 0) is 56.0 Å². The number of nitrogens with zero attached hydrogens (tertiary/aromatic N) is 2. The monoisotopic (exact) mass is 386 g/mol. The average Bonchev–Trinajstić information content (AvgIpc) is 3.07. The van der Waals surface area contributed by atoms with E-state index >= 15 is 0 Å². The van der Waals surface area contributed by atoms with E-state index in [-0.39, 0.29) is 6.04 Å². The van der Waals surface area contributed by atoms with Crippen LogP contribution in [0.15, 0.2) is 47.4 Å². The average molecular weight is 387 g/mol. The predicted molar refractivity (Wildman–Crippen MR) is 106 cm³/mol. The van der Waals surface area contributed by atoms with Gasteiger partial charge in [0.1, 0.15) is 5.01 Å². The molecule has 1 aliphatic rings. The van der Waals surface area contributed by atoms with Crippen LogP contribution in [0, 0.1) is 13.8 Å². The summed E-state index contributed by atoms with van der Waals surface area (Å²) in [5.41, 5.74) is 2.70. The lowest BCUT2D eigenvalue weighted by Gasteiger charge is -2.33. The van der Waals surface area contributed by atoms with Crippen LogP contribution in [0.1, 0.15) is 41.4 Å². The summed E-state index contributed by atoms with van der Waals surface area (Å²) in [6, 6.07) is 13.5. The Labute approximate surface area is 158 Å². The highest BCUT2D eigenvalue weighted by atomic mass is 32.2. The molecule has 0 saturated carbocycles. The third-order valence-electron chi connectivity index (χ3n) is 4.98. The van der Waals surface area contributed by atoms with Crippen LogP contribution in [0.2, 0.25) is 0 Å². The van der Waals surface area contributed by atoms with Gasteiger partial charge in [0.2, 0.25) is 10.0 Å². The van der Waals surface area contributed by atoms with E-state index in [1.807, 2.05) is 50.2 Å². The number of aromatic nitrogens is 1. The Kier molecular flexibility index (Phi) is 4.59. The van der Waals surface area contributed by atoms with Gasteiger partial charge in [-0.2, -0.15) is 4.31 Å². The number of para-hydroxylation sites is 1. The molecular formula is C20H22N2O2S2. The molecule has 1 saturated heterocycles. The third kappa shape index (κ3) is 3.06. The Balaban J connectivity index is 1.78. The van der Waals surface area contributed by atoms with Crippen LogP contribution < -0.4 is 0 Å². The molecular weight excluding hydrogens is 364 g/mol. The molecule has 2 aromatic carbocycles. The molecule has 0 aliphatic carbocycles. The molecule has 2 heterocycles. The number of rotatable bonds is 3. The Morgan fingerprint density at radius 1 is 1.12 bits per heavy atom. The van der Waals surface area contributed by atoms with E-state index in [9.17, 15) is 8.42 Å². The number of hydrogen-bond acceptors (Lipinski definition) is 4. The van der Waals surface area contributed by atoms with Crippen molar-refractivity contribution in [3.8, 4) is 0 Å². The highest BCUT2D eigenvalue weighted by Crippen LogP contribution is 2.39. The smallest absolute Gasteiger partial charge is 0.239 e. The first kappa shape index (κ1) is 17.6. The molecule has 1 unspecified atom stereocenters. The molecule has 0 N–H and O–H groups in total. The first-order valence-corrected chi connectivity index (χ1v) is 11.2. The maximum absolute atomic E-state index is 13.5. The van der Waals surface area contributed by atoms with E-state index in [4.69, 9.17) is 4.98 Å². The minimum absolute atomic E-state index is 0.175. The number of benzene rings is 2. The molecule has 136 valence electrons. The molecule has 3 aromatic rings. The molecule has 1 fully saturated rings. The second kappa shape index (κ2) is 6.76. The molecule has 4 rings (SSSR count). The van der Waals surface area contributed by atoms with Gasteiger partial charge in [0.15, 0.2) is 0 Å². The summed E-state index contributed by atoms with van der Waals surface area (Å²) in [4.78, 5) is 5.17. The molecule has 0 amide bonds. The number of fused-ring (bicyclic) bond motifs is 1. The zero-order valence-electron chi connectivity index (χ0n) is 15.0. The summed E-state index contributed by atoms with van der Waals surface area (Å²) in [6.45, 7) is 4.35. The van der Waals surface area contributed by atoms with Crippen LogP contribution in [-0.2, 0) is 10.0 Å². The van der Waals surface area contributed by atoms with E-state index in [2.05, 4.69) is 0 Å². The summed E-state index contributed by atoms with van der Waals surface area (Å²) in [7, 11) is -3.55. The summed E-state index contributed by atoms with van der Waals surface area (Å²) < 4.78 is 29.7. The van der Waals surface area contributed by atoms with Crippen LogP contribution in [0.4, 0.5) is 0 Å². The van der Waals surface area contributed by atoms with Gasteiger partial charge in [0.25, 0.3) is 0 Å². The Bertz CT molecular complexity index is 1020. The summed E-state index contributed by atoms with van der Waals surface area (Å²) in [5.74, 6) is 0. The zero-order chi connectivity index (χ0) is 18.3. The van der Waals surface area contributed by atoms with Gasteiger partial charge in [-0.1, -0.05) is 30.7 Å². The van der Waals surface area contributed by atoms with Crippen LogP contribution in [0.5, 0.6) is 0 Å². The molecule has 1 aromatic heterocycles. The minimum atomic E-state index is -3.55. The first-order chi connectivity index (χ1) is 12.5. The quantitative estimate of drug-likeness (QED) is 0.648. The van der Waals surface area contributed by atoms with E-state index in [0.29, 0.717) is 11.4 Å². The molecule has 6 heteroatoms. The zero-order valence-corrected chi connectivity index (χ0v) is 16.6. The van der Waals surface area contributed by atoms with Crippen LogP contribution >= 0.6 is 11.3 Å². The lowest BCUT2D eigenvalue weighted by atomic mass is 10.1. The van der Waals surface area contributed by atoms with Crippen molar-refractivity contribution in [2.45, 2.75) is 44.0 Å². The maximum Gasteiger partial charge on any atom is 0.243 e. The summed E-state index contributed by atoms with van der Waals surface area (Å²) in [6.07, 6.45) is 2.74. The molecule has 0 bridgehead atoms. The van der Waals surface area contributed by atoms with Gasteiger partial charge >= 0.3 is 0 Å². The van der Waals surface area contributed by atoms with Crippen molar-refractivity contribution in [3.05, 3.63) is 58.6 Å². The van der Waals surface area contributed by atoms with Gasteiger partial charge < -0.3 is 0 Å². The second-order valence-corrected chi connectivity index (χ2v) is 9.84. The van der Waals surface area contributed by atoms with Crippen molar-refractivity contribution in [1.82, 2.24) is 9.29 Å². The second-order valence-electron chi connectivity index (χ2n) is 6.92. The highest BCUT2D eigenvalue weighted by molar-refractivity contribution is 7.89. The van der Waals surface area contributed by atoms with Crippen molar-refractivity contribution in [2.75, 3.05) is 6.54 Å². The van der Waals surface area contributed by atoms with Crippen LogP contribution in [0.3, 0.4) is 0 Å². The van der Waals surface area contributed by atoms with Gasteiger partial charge in [-0.15, -0.1) is 11.3 Å². The number of hydrogen-bond donors (Lipinski definition) is 0. The van der Waals surface area contributed by atoms with Crippen molar-refractivity contribution < 1.29 is 8.42 Å². The summed E-state index contributed by atoms with van der Waals surface area (Å²) >= 11 is 1.61. The Morgan fingerprint density at radius 2 is 1.92 bits per heavy atom. The Hall–Kier alpha value is -1.76. The van der Waals surface area contributed by atoms with Gasteiger partial charge in [-0.3, -0.25) is 0 Å². The number of piperidine rings is 1. The predicted octanol–water partition coefficient (Wildman–Crippen LogP) is 4.83. The number of aryl methyl sites for hydroxylation is 2. The Morgan fingerprint density at radius 3 is 2.73 bits per heavy atom. The van der Waals surface area contributed by atoms with Gasteiger partial charge in [-0.25, -0.2) is 13.4 Å². The molecule has 26 heavy (non-hydrogen) atoms. The van der Waals surface area contributed by atoms with E-state index in [1.165, 1.54) is 0 Å². The molecule has 0 radical (unpaired) electrons. The van der Waals surface area contributed by atoms with Crippen molar-refractivity contribution in [1.29, 1.82) is 0 Å². The third-order valence-corrected chi connectivity index (χ3v) is 8.17. The minimum Gasteiger partial charge on any atom is -0.239 e.